The van der Waals surface area contributed by atoms with Gasteiger partial charge in [-0.25, -0.2) is 0 Å². The molecule has 1 aliphatic rings. The van der Waals surface area contributed by atoms with Crippen molar-refractivity contribution in [3.8, 4) is 5.75 Å². The Morgan fingerprint density at radius 3 is 2.83 bits per heavy atom. The molecule has 0 aromatic heterocycles. The van der Waals surface area contributed by atoms with Crippen LogP contribution in [0.1, 0.15) is 0 Å². The summed E-state index contributed by atoms with van der Waals surface area (Å²) < 4.78 is 10.5. The second kappa shape index (κ2) is 3.33. The van der Waals surface area contributed by atoms with Crippen molar-refractivity contribution in [3.05, 3.63) is 29.3 Å². The van der Waals surface area contributed by atoms with Crippen LogP contribution in [0.5, 0.6) is 5.75 Å². The van der Waals surface area contributed by atoms with Crippen LogP contribution in [0, 0.1) is 0 Å². The van der Waals surface area contributed by atoms with Gasteiger partial charge in [0.1, 0.15) is 11.9 Å². The lowest BCUT2D eigenvalue weighted by molar-refractivity contribution is -0.0796. The summed E-state index contributed by atoms with van der Waals surface area (Å²) in [5.74, 6) is 0.816. The molecule has 0 radical (unpaired) electrons. The predicted molar refractivity (Wildman–Crippen MR) is 46.7 cm³/mol. The van der Waals surface area contributed by atoms with Crippen molar-refractivity contribution in [1.82, 2.24) is 0 Å². The lowest BCUT2D eigenvalue weighted by Crippen LogP contribution is -2.38. The Labute approximate surface area is 76.1 Å². The van der Waals surface area contributed by atoms with Crippen molar-refractivity contribution in [3.63, 3.8) is 0 Å². The summed E-state index contributed by atoms with van der Waals surface area (Å²) in [6, 6.07) is 7.40. The molecule has 1 heterocycles. The molecule has 1 fully saturated rings. The number of rotatable bonds is 2. The molecule has 2 rings (SSSR count). The number of ether oxygens (including phenoxy) is 2. The molecule has 3 heteroatoms. The van der Waals surface area contributed by atoms with E-state index in [2.05, 4.69) is 0 Å². The van der Waals surface area contributed by atoms with E-state index in [4.69, 9.17) is 21.1 Å². The van der Waals surface area contributed by atoms with E-state index in [0.29, 0.717) is 18.2 Å². The second-order valence-corrected chi connectivity index (χ2v) is 3.17. The van der Waals surface area contributed by atoms with Gasteiger partial charge < -0.3 is 9.47 Å². The van der Waals surface area contributed by atoms with Gasteiger partial charge in [-0.2, -0.15) is 0 Å². The van der Waals surface area contributed by atoms with Gasteiger partial charge in [0, 0.05) is 5.02 Å². The fourth-order valence-corrected chi connectivity index (χ4v) is 1.20. The molecule has 64 valence electrons. The highest BCUT2D eigenvalue weighted by molar-refractivity contribution is 6.30. The Morgan fingerprint density at radius 2 is 2.25 bits per heavy atom. The predicted octanol–water partition coefficient (Wildman–Crippen LogP) is 2.12. The molecule has 1 aromatic rings. The largest absolute Gasteiger partial charge is 0.486 e. The zero-order valence-electron chi connectivity index (χ0n) is 6.50. The molecular weight excluding hydrogens is 176 g/mol. The van der Waals surface area contributed by atoms with Crippen molar-refractivity contribution in [2.75, 3.05) is 13.2 Å². The smallest absolute Gasteiger partial charge is 0.145 e. The van der Waals surface area contributed by atoms with Crippen molar-refractivity contribution < 1.29 is 9.47 Å². The highest BCUT2D eigenvalue weighted by Crippen LogP contribution is 2.19. The van der Waals surface area contributed by atoms with Crippen molar-refractivity contribution >= 4 is 11.6 Å². The van der Waals surface area contributed by atoms with E-state index in [1.165, 1.54) is 0 Å². The summed E-state index contributed by atoms with van der Waals surface area (Å²) in [6.07, 6.45) is 0.212. The Balaban J connectivity index is 2.02. The topological polar surface area (TPSA) is 18.5 Å². The van der Waals surface area contributed by atoms with E-state index in [9.17, 15) is 0 Å². The van der Waals surface area contributed by atoms with Gasteiger partial charge in [0.15, 0.2) is 0 Å². The van der Waals surface area contributed by atoms with Crippen LogP contribution in [0.3, 0.4) is 0 Å². The zero-order valence-corrected chi connectivity index (χ0v) is 7.25. The van der Waals surface area contributed by atoms with Gasteiger partial charge in [0.05, 0.1) is 13.2 Å². The molecule has 12 heavy (non-hydrogen) atoms. The van der Waals surface area contributed by atoms with E-state index < -0.39 is 0 Å². The first-order valence-corrected chi connectivity index (χ1v) is 4.22. The standard InChI is InChI=1S/C9H9ClO2/c10-7-2-1-3-8(4-7)12-9-5-11-6-9/h1-4,9H,5-6H2. The number of hydrogen-bond acceptors (Lipinski definition) is 2. The summed E-state index contributed by atoms with van der Waals surface area (Å²) in [5, 5.41) is 0.702. The third-order valence-corrected chi connectivity index (χ3v) is 1.94. The van der Waals surface area contributed by atoms with Gasteiger partial charge in [-0.3, -0.25) is 0 Å². The molecule has 0 saturated carbocycles. The van der Waals surface area contributed by atoms with Crippen LogP contribution in [0.25, 0.3) is 0 Å². The van der Waals surface area contributed by atoms with Gasteiger partial charge in [-0.15, -0.1) is 0 Å². The average molecular weight is 185 g/mol. The normalized spacial score (nSPS) is 17.1. The van der Waals surface area contributed by atoms with Crippen LogP contribution in [0.2, 0.25) is 5.02 Å². The quantitative estimate of drug-likeness (QED) is 0.701. The number of halogens is 1. The van der Waals surface area contributed by atoms with Crippen LogP contribution < -0.4 is 4.74 Å². The fraction of sp³-hybridized carbons (Fsp3) is 0.333. The van der Waals surface area contributed by atoms with E-state index in [1.807, 2.05) is 18.2 Å². The third kappa shape index (κ3) is 1.71. The molecule has 1 aromatic carbocycles. The minimum absolute atomic E-state index is 0.212. The molecule has 0 aliphatic carbocycles. The van der Waals surface area contributed by atoms with Crippen LogP contribution in [0.15, 0.2) is 24.3 Å². The minimum Gasteiger partial charge on any atom is -0.486 e. The van der Waals surface area contributed by atoms with E-state index in [-0.39, 0.29) is 6.10 Å². The van der Waals surface area contributed by atoms with E-state index in [1.54, 1.807) is 6.07 Å². The maximum Gasteiger partial charge on any atom is 0.145 e. The Morgan fingerprint density at radius 1 is 1.42 bits per heavy atom. The van der Waals surface area contributed by atoms with Gasteiger partial charge in [-0.05, 0) is 18.2 Å². The molecule has 1 aliphatic heterocycles. The van der Waals surface area contributed by atoms with Gasteiger partial charge in [-0.1, -0.05) is 17.7 Å². The Hall–Kier alpha value is -0.730. The monoisotopic (exact) mass is 184 g/mol. The first-order valence-electron chi connectivity index (χ1n) is 3.84. The van der Waals surface area contributed by atoms with Crippen molar-refractivity contribution in [2.45, 2.75) is 6.10 Å². The minimum atomic E-state index is 0.212. The lowest BCUT2D eigenvalue weighted by atomic mass is 10.3. The molecule has 2 nitrogen and oxygen atoms in total. The molecule has 0 bridgehead atoms. The molecule has 0 atom stereocenters. The zero-order chi connectivity index (χ0) is 8.39. The average Bonchev–Trinajstić information content (AvgIpc) is 1.97. The Bertz CT molecular complexity index is 271. The molecule has 0 amide bonds. The molecule has 0 spiro atoms. The fourth-order valence-electron chi connectivity index (χ4n) is 1.01. The maximum atomic E-state index is 5.78. The van der Waals surface area contributed by atoms with Crippen LogP contribution in [0.4, 0.5) is 0 Å². The van der Waals surface area contributed by atoms with Crippen molar-refractivity contribution in [2.24, 2.45) is 0 Å². The summed E-state index contributed by atoms with van der Waals surface area (Å²) in [5.41, 5.74) is 0. The summed E-state index contributed by atoms with van der Waals surface area (Å²) in [6.45, 7) is 1.37. The Kier molecular flexibility index (Phi) is 2.19. The first kappa shape index (κ1) is 7.90. The highest BCUT2D eigenvalue weighted by atomic mass is 35.5. The number of benzene rings is 1. The SMILES string of the molecule is Clc1cccc(OC2COC2)c1. The molecular formula is C9H9ClO2. The number of hydrogen-bond donors (Lipinski definition) is 0. The van der Waals surface area contributed by atoms with Crippen LogP contribution in [-0.4, -0.2) is 19.3 Å². The molecule has 0 unspecified atom stereocenters. The van der Waals surface area contributed by atoms with Crippen LogP contribution in [-0.2, 0) is 4.74 Å². The third-order valence-electron chi connectivity index (χ3n) is 1.71. The van der Waals surface area contributed by atoms with E-state index in [0.717, 1.165) is 5.75 Å². The summed E-state index contributed by atoms with van der Waals surface area (Å²) in [4.78, 5) is 0. The first-order chi connectivity index (χ1) is 5.84. The second-order valence-electron chi connectivity index (χ2n) is 2.73. The van der Waals surface area contributed by atoms with Crippen LogP contribution >= 0.6 is 11.6 Å². The molecule has 0 N–H and O–H groups in total. The van der Waals surface area contributed by atoms with Gasteiger partial charge >= 0.3 is 0 Å². The van der Waals surface area contributed by atoms with Crippen molar-refractivity contribution in [1.29, 1.82) is 0 Å². The summed E-state index contributed by atoms with van der Waals surface area (Å²) in [7, 11) is 0. The highest BCUT2D eigenvalue weighted by Gasteiger charge is 2.19. The van der Waals surface area contributed by atoms with E-state index >= 15 is 0 Å². The van der Waals surface area contributed by atoms with Gasteiger partial charge in [0.2, 0.25) is 0 Å². The lowest BCUT2D eigenvalue weighted by Gasteiger charge is -2.26. The van der Waals surface area contributed by atoms with Gasteiger partial charge in [0.25, 0.3) is 0 Å². The molecule has 1 saturated heterocycles. The maximum absolute atomic E-state index is 5.78. The summed E-state index contributed by atoms with van der Waals surface area (Å²) >= 11 is 5.78.